The van der Waals surface area contributed by atoms with E-state index in [0.29, 0.717) is 0 Å². The minimum absolute atomic E-state index is 0.344. The van der Waals surface area contributed by atoms with Crippen molar-refractivity contribution in [2.75, 3.05) is 0 Å². The molecule has 1 aromatic heterocycles. The van der Waals surface area contributed by atoms with Crippen molar-refractivity contribution >= 4 is 0 Å². The molecule has 0 fully saturated rings. The summed E-state index contributed by atoms with van der Waals surface area (Å²) >= 11 is 0. The van der Waals surface area contributed by atoms with Gasteiger partial charge in [0.2, 0.25) is 0 Å². The summed E-state index contributed by atoms with van der Waals surface area (Å²) in [6.07, 6.45) is 5.38. The Morgan fingerprint density at radius 1 is 0.944 bits per heavy atom. The van der Waals surface area contributed by atoms with Gasteiger partial charge < -0.3 is 9.47 Å². The maximum Gasteiger partial charge on any atom is 0.267 e. The first-order valence-electron chi connectivity index (χ1n) is 5.86. The standard InChI is InChI=1S/C15H13NO2/c1-2-4-12(5-3-1)10-14-7-6-13(11-16-14)15-17-8-9-18-15/h1-9,11,15H,10H2. The Morgan fingerprint density at radius 2 is 1.72 bits per heavy atom. The highest BCUT2D eigenvalue weighted by atomic mass is 16.7. The van der Waals surface area contributed by atoms with E-state index in [9.17, 15) is 0 Å². The second-order valence-corrected chi connectivity index (χ2v) is 4.12. The number of rotatable bonds is 3. The van der Waals surface area contributed by atoms with Crippen LogP contribution < -0.4 is 0 Å². The van der Waals surface area contributed by atoms with Crippen molar-refractivity contribution in [2.45, 2.75) is 12.7 Å². The molecule has 3 heteroatoms. The van der Waals surface area contributed by atoms with Gasteiger partial charge in [0.15, 0.2) is 0 Å². The fourth-order valence-corrected chi connectivity index (χ4v) is 1.88. The number of ether oxygens (including phenoxy) is 2. The van der Waals surface area contributed by atoms with Crippen LogP contribution in [0.3, 0.4) is 0 Å². The van der Waals surface area contributed by atoms with Crippen LogP contribution >= 0.6 is 0 Å². The summed E-state index contributed by atoms with van der Waals surface area (Å²) in [7, 11) is 0. The third kappa shape index (κ3) is 2.35. The van der Waals surface area contributed by atoms with Crippen molar-refractivity contribution < 1.29 is 9.47 Å². The van der Waals surface area contributed by atoms with Gasteiger partial charge in [-0.3, -0.25) is 4.98 Å². The summed E-state index contributed by atoms with van der Waals surface area (Å²) in [6.45, 7) is 0. The Bertz CT molecular complexity index is 526. The molecule has 0 spiro atoms. The first-order valence-corrected chi connectivity index (χ1v) is 5.86. The number of nitrogens with zero attached hydrogens (tertiary/aromatic N) is 1. The first kappa shape index (κ1) is 10.8. The van der Waals surface area contributed by atoms with Crippen molar-refractivity contribution in [1.82, 2.24) is 4.98 Å². The van der Waals surface area contributed by atoms with E-state index in [1.54, 1.807) is 18.7 Å². The van der Waals surface area contributed by atoms with Gasteiger partial charge in [-0.1, -0.05) is 30.3 Å². The van der Waals surface area contributed by atoms with E-state index >= 15 is 0 Å². The van der Waals surface area contributed by atoms with E-state index in [-0.39, 0.29) is 6.29 Å². The largest absolute Gasteiger partial charge is 0.455 e. The molecule has 3 rings (SSSR count). The molecule has 0 atom stereocenters. The zero-order valence-electron chi connectivity index (χ0n) is 9.82. The van der Waals surface area contributed by atoms with Crippen LogP contribution in [0.2, 0.25) is 0 Å². The zero-order chi connectivity index (χ0) is 12.2. The van der Waals surface area contributed by atoms with Gasteiger partial charge in [0, 0.05) is 18.3 Å². The molecule has 1 aliphatic heterocycles. The third-order valence-corrected chi connectivity index (χ3v) is 2.81. The molecule has 0 bridgehead atoms. The minimum atomic E-state index is -0.344. The highest BCUT2D eigenvalue weighted by Crippen LogP contribution is 2.23. The maximum atomic E-state index is 5.25. The normalized spacial score (nSPS) is 14.2. The molecule has 18 heavy (non-hydrogen) atoms. The van der Waals surface area contributed by atoms with Crippen LogP contribution in [0.1, 0.15) is 23.1 Å². The van der Waals surface area contributed by atoms with Crippen molar-refractivity contribution in [3.63, 3.8) is 0 Å². The van der Waals surface area contributed by atoms with Crippen LogP contribution in [0.4, 0.5) is 0 Å². The number of benzene rings is 1. The lowest BCUT2D eigenvalue weighted by molar-refractivity contribution is -0.0248. The van der Waals surface area contributed by atoms with Crippen LogP contribution in [0.25, 0.3) is 0 Å². The fraction of sp³-hybridized carbons (Fsp3) is 0.133. The molecule has 0 radical (unpaired) electrons. The Hall–Kier alpha value is -2.29. The fourth-order valence-electron chi connectivity index (χ4n) is 1.88. The predicted molar refractivity (Wildman–Crippen MR) is 67.5 cm³/mol. The lowest BCUT2D eigenvalue weighted by atomic mass is 10.1. The number of aromatic nitrogens is 1. The summed E-state index contributed by atoms with van der Waals surface area (Å²) in [5, 5.41) is 0. The molecule has 0 saturated heterocycles. The predicted octanol–water partition coefficient (Wildman–Crippen LogP) is 3.19. The molecular weight excluding hydrogens is 226 g/mol. The van der Waals surface area contributed by atoms with Crippen molar-refractivity contribution in [3.05, 3.63) is 78.0 Å². The average Bonchev–Trinajstić information content (AvgIpc) is 2.95. The molecule has 2 aromatic rings. The van der Waals surface area contributed by atoms with Crippen LogP contribution in [0, 0.1) is 0 Å². The monoisotopic (exact) mass is 239 g/mol. The Kier molecular flexibility index (Phi) is 2.96. The summed E-state index contributed by atoms with van der Waals surface area (Å²) in [4.78, 5) is 4.43. The average molecular weight is 239 g/mol. The SMILES string of the molecule is C1=COC(c2ccc(Cc3ccccc3)nc2)O1. The molecule has 0 saturated carbocycles. The van der Waals surface area contributed by atoms with Gasteiger partial charge in [-0.05, 0) is 17.7 Å². The van der Waals surface area contributed by atoms with E-state index in [1.807, 2.05) is 30.3 Å². The van der Waals surface area contributed by atoms with Gasteiger partial charge in [-0.2, -0.15) is 0 Å². The van der Waals surface area contributed by atoms with Gasteiger partial charge in [-0.15, -0.1) is 0 Å². The van der Waals surface area contributed by atoms with Gasteiger partial charge >= 0.3 is 0 Å². The summed E-state index contributed by atoms with van der Waals surface area (Å²) in [5.74, 6) is 0. The molecule has 0 unspecified atom stereocenters. The van der Waals surface area contributed by atoms with Crippen molar-refractivity contribution in [3.8, 4) is 0 Å². The lowest BCUT2D eigenvalue weighted by Crippen LogP contribution is -2.00. The van der Waals surface area contributed by atoms with E-state index < -0.39 is 0 Å². The molecule has 1 aliphatic rings. The van der Waals surface area contributed by atoms with Crippen molar-refractivity contribution in [1.29, 1.82) is 0 Å². The number of pyridine rings is 1. The number of hydrogen-bond acceptors (Lipinski definition) is 3. The lowest BCUT2D eigenvalue weighted by Gasteiger charge is -2.10. The molecule has 0 amide bonds. The Balaban J connectivity index is 1.71. The summed E-state index contributed by atoms with van der Waals surface area (Å²) in [6, 6.07) is 14.3. The van der Waals surface area contributed by atoms with Crippen LogP contribution in [0.5, 0.6) is 0 Å². The molecule has 2 heterocycles. The molecule has 1 aromatic carbocycles. The Morgan fingerprint density at radius 3 is 2.39 bits per heavy atom. The number of hydrogen-bond donors (Lipinski definition) is 0. The highest BCUT2D eigenvalue weighted by molar-refractivity contribution is 5.23. The summed E-state index contributed by atoms with van der Waals surface area (Å²) in [5.41, 5.74) is 3.22. The van der Waals surface area contributed by atoms with Gasteiger partial charge in [0.25, 0.3) is 6.29 Å². The smallest absolute Gasteiger partial charge is 0.267 e. The van der Waals surface area contributed by atoms with Crippen LogP contribution in [-0.4, -0.2) is 4.98 Å². The van der Waals surface area contributed by atoms with E-state index in [2.05, 4.69) is 17.1 Å². The minimum Gasteiger partial charge on any atom is -0.455 e. The maximum absolute atomic E-state index is 5.25. The quantitative estimate of drug-likeness (QED) is 0.824. The topological polar surface area (TPSA) is 31.4 Å². The first-order chi connectivity index (χ1) is 8.92. The Labute approximate surface area is 106 Å². The molecule has 0 aliphatic carbocycles. The summed E-state index contributed by atoms with van der Waals surface area (Å²) < 4.78 is 10.5. The van der Waals surface area contributed by atoms with Gasteiger partial charge in [-0.25, -0.2) is 0 Å². The van der Waals surface area contributed by atoms with Crippen LogP contribution in [-0.2, 0) is 15.9 Å². The van der Waals surface area contributed by atoms with Gasteiger partial charge in [0.05, 0.1) is 5.56 Å². The third-order valence-electron chi connectivity index (χ3n) is 2.81. The zero-order valence-corrected chi connectivity index (χ0v) is 9.82. The van der Waals surface area contributed by atoms with Gasteiger partial charge in [0.1, 0.15) is 12.5 Å². The van der Waals surface area contributed by atoms with E-state index in [4.69, 9.17) is 9.47 Å². The molecule has 90 valence electrons. The van der Waals surface area contributed by atoms with E-state index in [0.717, 1.165) is 17.7 Å². The van der Waals surface area contributed by atoms with Crippen LogP contribution in [0.15, 0.2) is 61.2 Å². The molecule has 3 nitrogen and oxygen atoms in total. The highest BCUT2D eigenvalue weighted by Gasteiger charge is 2.15. The van der Waals surface area contributed by atoms with E-state index in [1.165, 1.54) is 5.56 Å². The molecular formula is C15H13NO2. The molecule has 0 N–H and O–H groups in total. The van der Waals surface area contributed by atoms with Crippen molar-refractivity contribution in [2.24, 2.45) is 0 Å². The second-order valence-electron chi connectivity index (χ2n) is 4.12. The second kappa shape index (κ2) is 4.92.